The van der Waals surface area contributed by atoms with Crippen molar-refractivity contribution in [2.75, 3.05) is 7.05 Å². The predicted molar refractivity (Wildman–Crippen MR) is 88.5 cm³/mol. The van der Waals surface area contributed by atoms with E-state index in [1.807, 2.05) is 0 Å². The fourth-order valence-corrected chi connectivity index (χ4v) is 3.31. The molecule has 0 bridgehead atoms. The van der Waals surface area contributed by atoms with Crippen molar-refractivity contribution in [2.24, 2.45) is 0 Å². The number of tetrazole rings is 1. The van der Waals surface area contributed by atoms with Crippen LogP contribution in [0.2, 0.25) is 0 Å². The Morgan fingerprint density at radius 1 is 1.17 bits per heavy atom. The van der Waals surface area contributed by atoms with Gasteiger partial charge in [-0.25, -0.2) is 4.39 Å². The molecule has 1 aromatic heterocycles. The number of fused-ring (bicyclic) bond motifs is 1. The van der Waals surface area contributed by atoms with Gasteiger partial charge in [-0.05, 0) is 60.5 Å². The van der Waals surface area contributed by atoms with Crippen LogP contribution in [-0.2, 0) is 13.1 Å². The molecule has 1 heterocycles. The predicted octanol–water partition coefficient (Wildman–Crippen LogP) is 3.06. The highest BCUT2D eigenvalue weighted by Crippen LogP contribution is 2.34. The molecule has 0 fully saturated rings. The first kappa shape index (κ1) is 15.0. The van der Waals surface area contributed by atoms with E-state index in [0.29, 0.717) is 18.5 Å². The van der Waals surface area contributed by atoms with Crippen LogP contribution in [0.4, 0.5) is 4.39 Å². The van der Waals surface area contributed by atoms with Gasteiger partial charge in [-0.1, -0.05) is 24.3 Å². The quantitative estimate of drug-likeness (QED) is 0.740. The highest BCUT2D eigenvalue weighted by Gasteiger charge is 2.25. The van der Waals surface area contributed by atoms with Crippen LogP contribution in [0, 0.1) is 5.82 Å². The molecule has 5 nitrogen and oxygen atoms in total. The Morgan fingerprint density at radius 3 is 2.79 bits per heavy atom. The molecule has 0 N–H and O–H groups in total. The van der Waals surface area contributed by atoms with Gasteiger partial charge in [-0.3, -0.25) is 4.90 Å². The van der Waals surface area contributed by atoms with Gasteiger partial charge in [-0.15, -0.1) is 15.0 Å². The molecular formula is C18H18FN5. The van der Waals surface area contributed by atoms with E-state index in [4.69, 9.17) is 0 Å². The molecule has 2 aromatic carbocycles. The second kappa shape index (κ2) is 6.13. The lowest BCUT2D eigenvalue weighted by molar-refractivity contribution is 0.170. The van der Waals surface area contributed by atoms with E-state index in [2.05, 4.69) is 51.6 Å². The van der Waals surface area contributed by atoms with Crippen LogP contribution in [0.5, 0.6) is 0 Å². The smallest absolute Gasteiger partial charge is 0.204 e. The fraction of sp³-hybridized carbons (Fsp3) is 0.278. The molecule has 0 radical (unpaired) electrons. The Morgan fingerprint density at radius 2 is 1.96 bits per heavy atom. The fourth-order valence-electron chi connectivity index (χ4n) is 3.31. The van der Waals surface area contributed by atoms with Crippen molar-refractivity contribution in [3.05, 3.63) is 65.5 Å². The summed E-state index contributed by atoms with van der Waals surface area (Å²) >= 11 is 0. The van der Waals surface area contributed by atoms with Crippen LogP contribution < -0.4 is 0 Å². The largest absolute Gasteiger partial charge is 0.279 e. The van der Waals surface area contributed by atoms with Crippen LogP contribution in [0.1, 0.15) is 23.6 Å². The molecule has 1 aliphatic carbocycles. The summed E-state index contributed by atoms with van der Waals surface area (Å²) in [5.41, 5.74) is 3.57. The molecule has 6 heteroatoms. The lowest BCUT2D eigenvalue weighted by Crippen LogP contribution is -2.27. The second-order valence-electron chi connectivity index (χ2n) is 6.14. The van der Waals surface area contributed by atoms with Crippen LogP contribution in [0.3, 0.4) is 0 Å². The molecule has 1 aliphatic rings. The number of aryl methyl sites for hydroxylation is 1. The molecule has 0 saturated heterocycles. The average molecular weight is 323 g/mol. The molecule has 0 amide bonds. The van der Waals surface area contributed by atoms with Crippen LogP contribution >= 0.6 is 0 Å². The van der Waals surface area contributed by atoms with Crippen molar-refractivity contribution in [3.63, 3.8) is 0 Å². The van der Waals surface area contributed by atoms with Gasteiger partial charge < -0.3 is 0 Å². The normalized spacial score (nSPS) is 16.5. The average Bonchev–Trinajstić information content (AvgIpc) is 3.22. The third-order valence-corrected chi connectivity index (χ3v) is 4.54. The maximum Gasteiger partial charge on any atom is 0.204 e. The minimum Gasteiger partial charge on any atom is -0.279 e. The summed E-state index contributed by atoms with van der Waals surface area (Å²) in [4.78, 5) is 3.82. The Bertz CT molecular complexity index is 843. The summed E-state index contributed by atoms with van der Waals surface area (Å²) in [7, 11) is 2.08. The summed E-state index contributed by atoms with van der Waals surface area (Å²) in [6.07, 6.45) is 2.21. The molecule has 0 saturated carbocycles. The van der Waals surface area contributed by atoms with Crippen molar-refractivity contribution in [1.82, 2.24) is 25.1 Å². The number of aromatic nitrogens is 4. The lowest BCUT2D eigenvalue weighted by atomic mass is 10.1. The standard InChI is InChI=1S/C18H18FN5/c1-23(17-11-8-13-4-2-3-5-16(13)17)12-24-21-18(20-22-24)14-6-9-15(19)10-7-14/h2-7,9-10,17H,8,11-12H2,1H3. The lowest BCUT2D eigenvalue weighted by Gasteiger charge is -2.24. The van der Waals surface area contributed by atoms with E-state index in [1.54, 1.807) is 16.9 Å². The highest BCUT2D eigenvalue weighted by molar-refractivity contribution is 5.53. The molecule has 122 valence electrons. The van der Waals surface area contributed by atoms with Gasteiger partial charge in [-0.2, -0.15) is 0 Å². The Labute approximate surface area is 139 Å². The number of rotatable bonds is 4. The minimum absolute atomic E-state index is 0.272. The van der Waals surface area contributed by atoms with E-state index in [-0.39, 0.29) is 5.82 Å². The minimum atomic E-state index is -0.272. The molecule has 0 spiro atoms. The maximum absolute atomic E-state index is 13.0. The third kappa shape index (κ3) is 2.80. The van der Waals surface area contributed by atoms with Gasteiger partial charge in [0.05, 0.1) is 0 Å². The van der Waals surface area contributed by atoms with Crippen LogP contribution in [0.25, 0.3) is 11.4 Å². The van der Waals surface area contributed by atoms with E-state index in [0.717, 1.165) is 18.4 Å². The van der Waals surface area contributed by atoms with Gasteiger partial charge in [0.1, 0.15) is 12.5 Å². The molecule has 1 unspecified atom stereocenters. The van der Waals surface area contributed by atoms with Crippen molar-refractivity contribution in [1.29, 1.82) is 0 Å². The monoisotopic (exact) mass is 323 g/mol. The molecule has 0 aliphatic heterocycles. The van der Waals surface area contributed by atoms with E-state index in [1.165, 1.54) is 23.3 Å². The maximum atomic E-state index is 13.0. The first-order chi connectivity index (χ1) is 11.7. The van der Waals surface area contributed by atoms with Crippen LogP contribution in [0.15, 0.2) is 48.5 Å². The van der Waals surface area contributed by atoms with Crippen molar-refractivity contribution >= 4 is 0 Å². The van der Waals surface area contributed by atoms with Crippen molar-refractivity contribution < 1.29 is 4.39 Å². The first-order valence-corrected chi connectivity index (χ1v) is 8.02. The molecule has 24 heavy (non-hydrogen) atoms. The zero-order valence-corrected chi connectivity index (χ0v) is 13.4. The number of benzene rings is 2. The zero-order valence-electron chi connectivity index (χ0n) is 13.4. The van der Waals surface area contributed by atoms with Crippen LogP contribution in [-0.4, -0.2) is 32.2 Å². The summed E-state index contributed by atoms with van der Waals surface area (Å²) < 4.78 is 13.0. The number of hydrogen-bond donors (Lipinski definition) is 0. The zero-order chi connectivity index (χ0) is 16.5. The van der Waals surface area contributed by atoms with Gasteiger partial charge in [0.15, 0.2) is 0 Å². The molecule has 4 rings (SSSR count). The molecule has 1 atom stereocenters. The Balaban J connectivity index is 1.49. The van der Waals surface area contributed by atoms with E-state index >= 15 is 0 Å². The SMILES string of the molecule is CN(Cn1nnc(-c2ccc(F)cc2)n1)C1CCc2ccccc21. The Hall–Kier alpha value is -2.60. The first-order valence-electron chi connectivity index (χ1n) is 8.02. The van der Waals surface area contributed by atoms with Gasteiger partial charge in [0.2, 0.25) is 5.82 Å². The van der Waals surface area contributed by atoms with E-state index < -0.39 is 0 Å². The van der Waals surface area contributed by atoms with Gasteiger partial charge in [0.25, 0.3) is 0 Å². The summed E-state index contributed by atoms with van der Waals surface area (Å²) in [6, 6.07) is 15.1. The molecule has 3 aromatic rings. The number of hydrogen-bond acceptors (Lipinski definition) is 4. The molecular weight excluding hydrogens is 305 g/mol. The summed E-state index contributed by atoms with van der Waals surface area (Å²) in [5, 5.41) is 12.6. The summed E-state index contributed by atoms with van der Waals surface area (Å²) in [5.74, 6) is 0.237. The van der Waals surface area contributed by atoms with Crippen molar-refractivity contribution in [3.8, 4) is 11.4 Å². The number of halogens is 1. The van der Waals surface area contributed by atoms with Crippen molar-refractivity contribution in [2.45, 2.75) is 25.6 Å². The van der Waals surface area contributed by atoms with E-state index in [9.17, 15) is 4.39 Å². The highest BCUT2D eigenvalue weighted by atomic mass is 19.1. The van der Waals surface area contributed by atoms with Gasteiger partial charge in [0, 0.05) is 11.6 Å². The number of nitrogens with zero attached hydrogens (tertiary/aromatic N) is 5. The Kier molecular flexibility index (Phi) is 3.82. The third-order valence-electron chi connectivity index (χ3n) is 4.54. The second-order valence-corrected chi connectivity index (χ2v) is 6.14. The topological polar surface area (TPSA) is 46.8 Å². The summed E-state index contributed by atoms with van der Waals surface area (Å²) in [6.45, 7) is 0.563. The van der Waals surface area contributed by atoms with Gasteiger partial charge >= 0.3 is 0 Å².